The van der Waals surface area contributed by atoms with Gasteiger partial charge in [-0.3, -0.25) is 0 Å². The van der Waals surface area contributed by atoms with Crippen molar-refractivity contribution in [1.82, 2.24) is 29.9 Å². The Kier molecular flexibility index (Phi) is 8.52. The zero-order chi connectivity index (χ0) is 28.2. The number of benzene rings is 1. The molecule has 6 rings (SSSR count). The number of aromatic nitrogens is 4. The predicted octanol–water partition coefficient (Wildman–Crippen LogP) is 4.90. The van der Waals surface area contributed by atoms with E-state index in [1.807, 2.05) is 43.6 Å². The number of nitrogens with two attached hydrogens (primary N) is 1. The molecule has 3 aliphatic rings. The molecule has 11 heteroatoms. The minimum Gasteiger partial charge on any atom is -0.365 e. The second-order valence-corrected chi connectivity index (χ2v) is 11.9. The molecular weight excluding hydrogens is 518 g/mol. The lowest BCUT2D eigenvalue weighted by atomic mass is 9.92. The smallest absolute Gasteiger partial charge is 0.365 e. The van der Waals surface area contributed by atoms with Crippen LogP contribution >= 0.6 is 0 Å². The van der Waals surface area contributed by atoms with Gasteiger partial charge in [0.1, 0.15) is 0 Å². The van der Waals surface area contributed by atoms with E-state index in [9.17, 15) is 4.79 Å². The molecule has 1 amide bonds. The van der Waals surface area contributed by atoms with Crippen molar-refractivity contribution in [2.75, 3.05) is 23.7 Å². The molecule has 2 aromatic heterocycles. The fourth-order valence-electron chi connectivity index (χ4n) is 6.41. The largest absolute Gasteiger partial charge is 0.426 e. The number of hydroxylamine groups is 2. The Labute approximate surface area is 241 Å². The first-order valence-electron chi connectivity index (χ1n) is 15.3. The van der Waals surface area contributed by atoms with E-state index in [0.29, 0.717) is 37.2 Å². The van der Waals surface area contributed by atoms with Crippen LogP contribution in [-0.2, 0) is 4.84 Å². The van der Waals surface area contributed by atoms with Crippen molar-refractivity contribution >= 4 is 29.0 Å². The van der Waals surface area contributed by atoms with Crippen molar-refractivity contribution < 1.29 is 9.63 Å². The summed E-state index contributed by atoms with van der Waals surface area (Å²) in [5.41, 5.74) is 8.89. The number of nitrogens with one attached hydrogen (secondary N) is 3. The first-order valence-corrected chi connectivity index (χ1v) is 15.3. The molecule has 1 aromatic carbocycles. The first kappa shape index (κ1) is 27.7. The van der Waals surface area contributed by atoms with E-state index in [1.165, 1.54) is 12.8 Å². The van der Waals surface area contributed by atoms with Crippen molar-refractivity contribution in [3.8, 4) is 0 Å². The van der Waals surface area contributed by atoms with E-state index in [1.54, 1.807) is 5.06 Å². The van der Waals surface area contributed by atoms with Gasteiger partial charge in [0.25, 0.3) is 0 Å². The number of amides is 1. The summed E-state index contributed by atoms with van der Waals surface area (Å²) in [5.74, 6) is 1.43. The van der Waals surface area contributed by atoms with E-state index in [4.69, 9.17) is 25.5 Å². The molecule has 3 heterocycles. The highest BCUT2D eigenvalue weighted by Gasteiger charge is 2.27. The summed E-state index contributed by atoms with van der Waals surface area (Å²) >= 11 is 0. The highest BCUT2D eigenvalue weighted by molar-refractivity contribution is 5.84. The van der Waals surface area contributed by atoms with Gasteiger partial charge >= 0.3 is 6.09 Å². The quantitative estimate of drug-likeness (QED) is 0.303. The molecule has 0 spiro atoms. The van der Waals surface area contributed by atoms with Gasteiger partial charge in [0, 0.05) is 37.3 Å². The van der Waals surface area contributed by atoms with Crippen molar-refractivity contribution in [3.05, 3.63) is 42.2 Å². The van der Waals surface area contributed by atoms with Crippen LogP contribution in [0.15, 0.2) is 36.7 Å². The van der Waals surface area contributed by atoms with E-state index in [0.717, 1.165) is 73.9 Å². The number of hydrogen-bond donors (Lipinski definition) is 4. The molecule has 3 aromatic rings. The van der Waals surface area contributed by atoms with Gasteiger partial charge in [0.2, 0.25) is 5.95 Å². The average molecular weight is 562 g/mol. The van der Waals surface area contributed by atoms with Gasteiger partial charge in [-0.25, -0.2) is 9.78 Å². The van der Waals surface area contributed by atoms with Crippen LogP contribution in [0.2, 0.25) is 0 Å². The van der Waals surface area contributed by atoms with E-state index < -0.39 is 6.09 Å². The van der Waals surface area contributed by atoms with E-state index >= 15 is 0 Å². The lowest BCUT2D eigenvalue weighted by molar-refractivity contribution is -0.113. The second-order valence-electron chi connectivity index (χ2n) is 11.9. The third-order valence-electron chi connectivity index (χ3n) is 8.89. The topological polar surface area (TPSA) is 135 Å². The van der Waals surface area contributed by atoms with Crippen molar-refractivity contribution in [2.45, 2.75) is 101 Å². The molecule has 2 saturated carbocycles. The van der Waals surface area contributed by atoms with Crippen molar-refractivity contribution in [1.29, 1.82) is 0 Å². The van der Waals surface area contributed by atoms with E-state index in [2.05, 4.69) is 20.5 Å². The highest BCUT2D eigenvalue weighted by Crippen LogP contribution is 2.34. The van der Waals surface area contributed by atoms with Gasteiger partial charge in [-0.2, -0.15) is 9.97 Å². The SMILES string of the molecule is C[C@@H](NC(=O)ON1CCC(Nc2nc(NC3CCC(N)CC3)nc3c2ncn3C2CCCC2)CC1)c1ccccc1. The molecule has 41 heavy (non-hydrogen) atoms. The third kappa shape index (κ3) is 6.73. The number of nitrogens with zero attached hydrogens (tertiary/aromatic N) is 5. The molecular formula is C30H43N9O2. The van der Waals surface area contributed by atoms with E-state index in [-0.39, 0.29) is 12.1 Å². The fourth-order valence-corrected chi connectivity index (χ4v) is 6.41. The number of imidazole rings is 1. The first-order chi connectivity index (χ1) is 20.0. The average Bonchev–Trinajstić information content (AvgIpc) is 3.66. The zero-order valence-corrected chi connectivity index (χ0v) is 24.0. The van der Waals surface area contributed by atoms with Crippen LogP contribution in [0.5, 0.6) is 0 Å². The van der Waals surface area contributed by atoms with Gasteiger partial charge in [-0.15, -0.1) is 5.06 Å². The van der Waals surface area contributed by atoms with Gasteiger partial charge in [-0.05, 0) is 63.9 Å². The molecule has 220 valence electrons. The Hall–Kier alpha value is -3.44. The Morgan fingerprint density at radius 3 is 2.39 bits per heavy atom. The van der Waals surface area contributed by atoms with Gasteiger partial charge < -0.3 is 31.1 Å². The molecule has 0 unspecified atom stereocenters. The van der Waals surface area contributed by atoms with Gasteiger partial charge in [-0.1, -0.05) is 43.2 Å². The maximum Gasteiger partial charge on any atom is 0.426 e. The van der Waals surface area contributed by atoms with Crippen LogP contribution in [-0.4, -0.2) is 61.9 Å². The Bertz CT molecular complexity index is 1290. The molecule has 5 N–H and O–H groups in total. The van der Waals surface area contributed by atoms with Gasteiger partial charge in [0.05, 0.1) is 12.4 Å². The maximum atomic E-state index is 12.5. The monoisotopic (exact) mass is 561 g/mol. The number of fused-ring (bicyclic) bond motifs is 1. The van der Waals surface area contributed by atoms with Crippen molar-refractivity contribution in [3.63, 3.8) is 0 Å². The molecule has 11 nitrogen and oxygen atoms in total. The minimum atomic E-state index is -0.429. The molecule has 3 fully saturated rings. The minimum absolute atomic E-state index is 0.125. The number of hydrogen-bond acceptors (Lipinski definition) is 9. The Morgan fingerprint density at radius 1 is 0.951 bits per heavy atom. The molecule has 1 saturated heterocycles. The van der Waals surface area contributed by atoms with Crippen LogP contribution in [0.4, 0.5) is 16.6 Å². The number of anilines is 2. The number of carbonyl (C=O) groups excluding carboxylic acids is 1. The highest BCUT2D eigenvalue weighted by atomic mass is 16.7. The van der Waals surface area contributed by atoms with Crippen LogP contribution < -0.4 is 21.7 Å². The lowest BCUT2D eigenvalue weighted by Crippen LogP contribution is -2.42. The summed E-state index contributed by atoms with van der Waals surface area (Å²) in [4.78, 5) is 32.8. The van der Waals surface area contributed by atoms with Crippen LogP contribution in [0.3, 0.4) is 0 Å². The summed E-state index contributed by atoms with van der Waals surface area (Å²) in [7, 11) is 0. The Balaban J connectivity index is 1.10. The summed E-state index contributed by atoms with van der Waals surface area (Å²) in [5, 5.41) is 11.9. The molecule has 0 radical (unpaired) electrons. The fraction of sp³-hybridized carbons (Fsp3) is 0.600. The number of carbonyl (C=O) groups is 1. The number of piperidine rings is 1. The van der Waals surface area contributed by atoms with Crippen molar-refractivity contribution in [2.24, 2.45) is 5.73 Å². The van der Waals surface area contributed by atoms with Gasteiger partial charge in [0.15, 0.2) is 17.0 Å². The molecule has 1 atom stereocenters. The standard InChI is InChI=1S/C30H43N9O2/c1-20(21-7-3-2-4-8-21)33-30(40)41-38-17-15-24(16-18-38)34-27-26-28(39(19-32-26)25-9-5-6-10-25)37-29(36-27)35-23-13-11-22(31)12-14-23/h2-4,7-8,19-20,22-25H,5-6,9-18,31H2,1H3,(H,33,40)(H2,34,35,36,37)/t20-,22?,23?/m1/s1. The van der Waals surface area contributed by atoms with Crippen LogP contribution in [0.1, 0.15) is 88.8 Å². The summed E-state index contributed by atoms with van der Waals surface area (Å²) in [6, 6.07) is 11.0. The third-order valence-corrected chi connectivity index (χ3v) is 8.89. The molecule has 0 bridgehead atoms. The van der Waals surface area contributed by atoms with Crippen LogP contribution in [0, 0.1) is 0 Å². The van der Waals surface area contributed by atoms with Crippen LogP contribution in [0.25, 0.3) is 11.2 Å². The zero-order valence-electron chi connectivity index (χ0n) is 24.0. The lowest BCUT2D eigenvalue weighted by Gasteiger charge is -2.31. The second kappa shape index (κ2) is 12.6. The maximum absolute atomic E-state index is 12.5. The summed E-state index contributed by atoms with van der Waals surface area (Å²) in [6.45, 7) is 3.24. The Morgan fingerprint density at radius 2 is 1.66 bits per heavy atom. The normalized spacial score (nSPS) is 23.4. The number of rotatable bonds is 8. The molecule has 1 aliphatic heterocycles. The predicted molar refractivity (Wildman–Crippen MR) is 159 cm³/mol. The summed E-state index contributed by atoms with van der Waals surface area (Å²) < 4.78 is 2.25. The molecule has 2 aliphatic carbocycles. The summed E-state index contributed by atoms with van der Waals surface area (Å²) in [6.07, 6.45) is 12.1.